The van der Waals surface area contributed by atoms with Crippen LogP contribution in [0.2, 0.25) is 0 Å². The molecule has 2 aliphatic heterocycles. The predicted octanol–water partition coefficient (Wildman–Crippen LogP) is 1.65. The molecule has 8 heteroatoms. The van der Waals surface area contributed by atoms with Crippen molar-refractivity contribution >= 4 is 5.91 Å². The predicted molar refractivity (Wildman–Crippen MR) is 90.2 cm³/mol. The van der Waals surface area contributed by atoms with E-state index in [1.54, 1.807) is 28.9 Å². The second-order valence-electron chi connectivity index (χ2n) is 6.83. The quantitative estimate of drug-likeness (QED) is 0.811. The Morgan fingerprint density at radius 3 is 3.00 bits per heavy atom. The molecule has 0 aromatic carbocycles. The SMILES string of the molecule is Cn1nccc1C(=O)N1CC2(C1)OCC[C@@H]2CCOc1ncccc1F. The van der Waals surface area contributed by atoms with Gasteiger partial charge in [-0.25, -0.2) is 9.37 Å². The number of hydrogen-bond donors (Lipinski definition) is 0. The first-order valence-electron chi connectivity index (χ1n) is 8.74. The van der Waals surface area contributed by atoms with Gasteiger partial charge in [0.2, 0.25) is 5.88 Å². The van der Waals surface area contributed by atoms with E-state index < -0.39 is 5.82 Å². The van der Waals surface area contributed by atoms with Crippen LogP contribution >= 0.6 is 0 Å². The molecule has 0 unspecified atom stereocenters. The number of carbonyl (C=O) groups is 1. The summed E-state index contributed by atoms with van der Waals surface area (Å²) in [6, 6.07) is 4.58. The van der Waals surface area contributed by atoms with Gasteiger partial charge >= 0.3 is 0 Å². The van der Waals surface area contributed by atoms with E-state index in [-0.39, 0.29) is 23.3 Å². The third-order valence-electron chi connectivity index (χ3n) is 5.27. The van der Waals surface area contributed by atoms with Crippen molar-refractivity contribution in [1.82, 2.24) is 19.7 Å². The molecule has 4 rings (SSSR count). The molecule has 1 spiro atoms. The first-order valence-corrected chi connectivity index (χ1v) is 8.74. The summed E-state index contributed by atoms with van der Waals surface area (Å²) in [5.74, 6) is -0.176. The van der Waals surface area contributed by atoms with Crippen molar-refractivity contribution in [2.45, 2.75) is 18.4 Å². The van der Waals surface area contributed by atoms with Crippen LogP contribution in [0.25, 0.3) is 0 Å². The number of pyridine rings is 1. The molecular weight excluding hydrogens is 339 g/mol. The van der Waals surface area contributed by atoms with Gasteiger partial charge in [0, 0.05) is 26.0 Å². The number of carbonyl (C=O) groups excluding carboxylic acids is 1. The summed E-state index contributed by atoms with van der Waals surface area (Å²) in [7, 11) is 1.76. The Balaban J connectivity index is 1.32. The highest BCUT2D eigenvalue weighted by Crippen LogP contribution is 2.42. The maximum atomic E-state index is 13.6. The minimum absolute atomic E-state index is 0.0297. The van der Waals surface area contributed by atoms with E-state index in [0.29, 0.717) is 32.0 Å². The lowest BCUT2D eigenvalue weighted by Crippen LogP contribution is -2.66. The van der Waals surface area contributed by atoms with E-state index in [0.717, 1.165) is 12.8 Å². The molecular formula is C18H21FN4O3. The molecule has 0 aliphatic carbocycles. The Kier molecular flexibility index (Phi) is 4.36. The van der Waals surface area contributed by atoms with Crippen molar-refractivity contribution in [3.63, 3.8) is 0 Å². The van der Waals surface area contributed by atoms with Gasteiger partial charge in [0.15, 0.2) is 5.82 Å². The van der Waals surface area contributed by atoms with Gasteiger partial charge in [0.05, 0.1) is 19.7 Å². The smallest absolute Gasteiger partial charge is 0.272 e. The number of aromatic nitrogens is 3. The summed E-state index contributed by atoms with van der Waals surface area (Å²) in [5, 5.41) is 4.04. The van der Waals surface area contributed by atoms with E-state index in [1.807, 2.05) is 0 Å². The molecule has 1 atom stereocenters. The number of ether oxygens (including phenoxy) is 2. The first kappa shape index (κ1) is 17.0. The summed E-state index contributed by atoms with van der Waals surface area (Å²) in [4.78, 5) is 18.2. The van der Waals surface area contributed by atoms with Gasteiger partial charge < -0.3 is 14.4 Å². The van der Waals surface area contributed by atoms with Crippen LogP contribution in [0.3, 0.4) is 0 Å². The summed E-state index contributed by atoms with van der Waals surface area (Å²) in [5.41, 5.74) is 0.267. The lowest BCUT2D eigenvalue weighted by Gasteiger charge is -2.50. The van der Waals surface area contributed by atoms with Crippen LogP contribution in [-0.2, 0) is 11.8 Å². The van der Waals surface area contributed by atoms with E-state index in [2.05, 4.69) is 10.1 Å². The van der Waals surface area contributed by atoms with Gasteiger partial charge in [-0.3, -0.25) is 9.48 Å². The third kappa shape index (κ3) is 2.94. The zero-order valence-electron chi connectivity index (χ0n) is 14.6. The highest BCUT2D eigenvalue weighted by molar-refractivity contribution is 5.93. The second kappa shape index (κ2) is 6.68. The molecule has 0 N–H and O–H groups in total. The van der Waals surface area contributed by atoms with Gasteiger partial charge in [0.25, 0.3) is 5.91 Å². The van der Waals surface area contributed by atoms with Gasteiger partial charge in [0.1, 0.15) is 11.3 Å². The fourth-order valence-corrected chi connectivity index (χ4v) is 3.81. The molecule has 2 aromatic rings. The van der Waals surface area contributed by atoms with Gasteiger partial charge in [-0.2, -0.15) is 5.10 Å². The number of nitrogens with zero attached hydrogens (tertiary/aromatic N) is 4. The van der Waals surface area contributed by atoms with E-state index in [1.165, 1.54) is 18.3 Å². The summed E-state index contributed by atoms with van der Waals surface area (Å²) >= 11 is 0. The van der Waals surface area contributed by atoms with Crippen LogP contribution in [0.5, 0.6) is 5.88 Å². The number of hydrogen-bond acceptors (Lipinski definition) is 5. The van der Waals surface area contributed by atoms with E-state index in [9.17, 15) is 9.18 Å². The normalized spacial score (nSPS) is 21.0. The molecule has 0 radical (unpaired) electrons. The van der Waals surface area contributed by atoms with Crippen LogP contribution in [0.1, 0.15) is 23.3 Å². The minimum atomic E-state index is -0.457. The van der Waals surface area contributed by atoms with Crippen molar-refractivity contribution < 1.29 is 18.7 Å². The number of amides is 1. The molecule has 26 heavy (non-hydrogen) atoms. The fraction of sp³-hybridized carbons (Fsp3) is 0.500. The largest absolute Gasteiger partial charge is 0.476 e. The molecule has 4 heterocycles. The standard InChI is InChI=1S/C18H21FN4O3/c1-22-15(4-8-21-22)17(24)23-11-18(12-23)13(6-10-26-18)5-9-25-16-14(19)3-2-7-20-16/h2-4,7-8,13H,5-6,9-12H2,1H3/t13-/m0/s1. The summed E-state index contributed by atoms with van der Waals surface area (Å²) < 4.78 is 26.6. The average Bonchev–Trinajstić information content (AvgIpc) is 3.21. The molecule has 0 saturated carbocycles. The maximum Gasteiger partial charge on any atom is 0.272 e. The number of halogens is 1. The Hall–Kier alpha value is -2.48. The van der Waals surface area contributed by atoms with Crippen LogP contribution in [0, 0.1) is 11.7 Å². The van der Waals surface area contributed by atoms with Crippen molar-refractivity contribution in [3.8, 4) is 5.88 Å². The molecule has 138 valence electrons. The van der Waals surface area contributed by atoms with E-state index in [4.69, 9.17) is 9.47 Å². The third-order valence-corrected chi connectivity index (χ3v) is 5.27. The number of aryl methyl sites for hydroxylation is 1. The van der Waals surface area contributed by atoms with Crippen LogP contribution in [-0.4, -0.2) is 57.5 Å². The van der Waals surface area contributed by atoms with Gasteiger partial charge in [-0.15, -0.1) is 0 Å². The zero-order chi connectivity index (χ0) is 18.1. The maximum absolute atomic E-state index is 13.6. The van der Waals surface area contributed by atoms with Crippen LogP contribution in [0.4, 0.5) is 4.39 Å². The molecule has 1 amide bonds. The monoisotopic (exact) mass is 360 g/mol. The topological polar surface area (TPSA) is 69.5 Å². The molecule has 2 fully saturated rings. The fourth-order valence-electron chi connectivity index (χ4n) is 3.81. The molecule has 2 saturated heterocycles. The Morgan fingerprint density at radius 2 is 2.27 bits per heavy atom. The highest BCUT2D eigenvalue weighted by Gasteiger charge is 2.54. The Labute approximate surface area is 150 Å². The van der Waals surface area contributed by atoms with Crippen LogP contribution < -0.4 is 4.74 Å². The average molecular weight is 360 g/mol. The zero-order valence-corrected chi connectivity index (χ0v) is 14.6. The van der Waals surface area contributed by atoms with Crippen molar-refractivity contribution in [2.24, 2.45) is 13.0 Å². The highest BCUT2D eigenvalue weighted by atomic mass is 19.1. The van der Waals surface area contributed by atoms with Crippen LogP contribution in [0.15, 0.2) is 30.6 Å². The van der Waals surface area contributed by atoms with Crippen molar-refractivity contribution in [1.29, 1.82) is 0 Å². The summed E-state index contributed by atoms with van der Waals surface area (Å²) in [6.07, 6.45) is 4.78. The number of rotatable bonds is 5. The molecule has 2 aromatic heterocycles. The lowest BCUT2D eigenvalue weighted by atomic mass is 9.79. The molecule has 0 bridgehead atoms. The summed E-state index contributed by atoms with van der Waals surface area (Å²) in [6.45, 7) is 2.19. The van der Waals surface area contributed by atoms with Gasteiger partial charge in [-0.05, 0) is 37.0 Å². The molecule has 2 aliphatic rings. The lowest BCUT2D eigenvalue weighted by molar-refractivity contribution is -0.119. The van der Waals surface area contributed by atoms with Crippen molar-refractivity contribution in [2.75, 3.05) is 26.3 Å². The minimum Gasteiger partial charge on any atom is -0.476 e. The number of likely N-dealkylation sites (tertiary alicyclic amines) is 1. The Bertz CT molecular complexity index is 803. The second-order valence-corrected chi connectivity index (χ2v) is 6.83. The first-order chi connectivity index (χ1) is 12.6. The Morgan fingerprint density at radius 1 is 1.42 bits per heavy atom. The van der Waals surface area contributed by atoms with Crippen molar-refractivity contribution in [3.05, 3.63) is 42.1 Å². The van der Waals surface area contributed by atoms with E-state index >= 15 is 0 Å². The molecule has 7 nitrogen and oxygen atoms in total. The van der Waals surface area contributed by atoms with Gasteiger partial charge in [-0.1, -0.05) is 0 Å².